The summed E-state index contributed by atoms with van der Waals surface area (Å²) in [4.78, 5) is 40.8. The fraction of sp³-hybridized carbons (Fsp3) is 0.349. The molecule has 0 saturated carbocycles. The Kier molecular flexibility index (Phi) is 9.93. The zero-order valence-electron chi connectivity index (χ0n) is 31.4. The highest BCUT2D eigenvalue weighted by molar-refractivity contribution is 7.81. The standard InChI is InChI=1S/C43H44N4O7S/c1-43(2,55)13-7-14-52-30-11-12-36-27(19-30)18-29-25-45-34-23-40(38(51-4)21-32(34)42(49)47(29)36)54-16-8-15-53-39-22-33-31(20-37(39)50-3)41(48)46-28(24-44-33)17-26-9-5-6-10-35(26)46/h5-6,9-12,19-25,28-29,55H,7-8,13-18H2,1-4H3/t28-,29-/m0/s1. The van der Waals surface area contributed by atoms with Gasteiger partial charge in [-0.15, -0.1) is 0 Å². The van der Waals surface area contributed by atoms with E-state index in [0.717, 1.165) is 47.5 Å². The lowest BCUT2D eigenvalue weighted by molar-refractivity contribution is 0.0978. The largest absolute Gasteiger partial charge is 0.494 e. The molecule has 0 radical (unpaired) electrons. The molecule has 0 fully saturated rings. The maximum Gasteiger partial charge on any atom is 0.261 e. The maximum atomic E-state index is 14.0. The van der Waals surface area contributed by atoms with Crippen molar-refractivity contribution in [2.24, 2.45) is 9.98 Å². The highest BCUT2D eigenvalue weighted by atomic mass is 32.1. The number of ether oxygens (including phenoxy) is 5. The predicted octanol–water partition coefficient (Wildman–Crippen LogP) is 7.99. The van der Waals surface area contributed by atoms with Gasteiger partial charge in [-0.05, 0) is 60.4 Å². The van der Waals surface area contributed by atoms with Crippen LogP contribution >= 0.6 is 12.6 Å². The van der Waals surface area contributed by atoms with Crippen LogP contribution in [-0.4, -0.2) is 75.1 Å². The Morgan fingerprint density at radius 1 is 0.673 bits per heavy atom. The van der Waals surface area contributed by atoms with Gasteiger partial charge >= 0.3 is 0 Å². The highest BCUT2D eigenvalue weighted by Gasteiger charge is 2.38. The van der Waals surface area contributed by atoms with Gasteiger partial charge in [0.15, 0.2) is 23.0 Å². The Hall–Kier alpha value is -5.49. The Bertz CT molecular complexity index is 2210. The van der Waals surface area contributed by atoms with Crippen molar-refractivity contribution in [2.75, 3.05) is 43.8 Å². The second-order valence-electron chi connectivity index (χ2n) is 14.7. The van der Waals surface area contributed by atoms with Crippen LogP contribution in [0.4, 0.5) is 22.7 Å². The number of carbonyl (C=O) groups is 2. The molecule has 4 aromatic carbocycles. The summed E-state index contributed by atoms with van der Waals surface area (Å²) < 4.78 is 29.6. The molecule has 2 amide bonds. The van der Waals surface area contributed by atoms with Crippen LogP contribution in [0.1, 0.15) is 65.0 Å². The van der Waals surface area contributed by atoms with Gasteiger partial charge < -0.3 is 23.7 Å². The average molecular weight is 761 g/mol. The van der Waals surface area contributed by atoms with Gasteiger partial charge in [0.05, 0.1) is 68.6 Å². The van der Waals surface area contributed by atoms with Crippen LogP contribution in [0.3, 0.4) is 0 Å². The first kappa shape index (κ1) is 36.5. The van der Waals surface area contributed by atoms with Crippen LogP contribution in [-0.2, 0) is 12.8 Å². The predicted molar refractivity (Wildman–Crippen MR) is 217 cm³/mol. The van der Waals surface area contributed by atoms with E-state index >= 15 is 0 Å². The third-order valence-electron chi connectivity index (χ3n) is 10.3. The number of carbonyl (C=O) groups excluding carboxylic acids is 2. The summed E-state index contributed by atoms with van der Waals surface area (Å²) in [5.74, 6) is 2.38. The molecule has 0 bridgehead atoms. The number of fused-ring (bicyclic) bond motifs is 8. The molecule has 4 heterocycles. The van der Waals surface area contributed by atoms with E-state index in [-0.39, 0.29) is 28.6 Å². The van der Waals surface area contributed by atoms with Gasteiger partial charge in [-0.3, -0.25) is 29.4 Å². The zero-order chi connectivity index (χ0) is 38.3. The Morgan fingerprint density at radius 3 is 1.80 bits per heavy atom. The Morgan fingerprint density at radius 2 is 1.22 bits per heavy atom. The molecule has 8 rings (SSSR count). The molecule has 4 aromatic rings. The molecule has 2 atom stereocenters. The van der Waals surface area contributed by atoms with Crippen LogP contribution in [0.25, 0.3) is 0 Å². The number of para-hydroxylation sites is 1. The molecule has 0 N–H and O–H groups in total. The van der Waals surface area contributed by atoms with E-state index in [1.54, 1.807) is 43.4 Å². The van der Waals surface area contributed by atoms with Crippen molar-refractivity contribution >= 4 is 59.6 Å². The number of benzene rings is 4. The number of methoxy groups -OCH3 is 2. The lowest BCUT2D eigenvalue weighted by Crippen LogP contribution is -2.37. The van der Waals surface area contributed by atoms with Gasteiger partial charge in [0.2, 0.25) is 0 Å². The molecule has 11 nitrogen and oxygen atoms in total. The quantitative estimate of drug-likeness (QED) is 0.109. The maximum absolute atomic E-state index is 14.0. The summed E-state index contributed by atoms with van der Waals surface area (Å²) in [6, 6.07) is 20.4. The molecular formula is C43H44N4O7S. The summed E-state index contributed by atoms with van der Waals surface area (Å²) in [5, 5.41) is 0. The molecule has 12 heteroatoms. The summed E-state index contributed by atoms with van der Waals surface area (Å²) in [5.41, 5.74) is 5.90. The molecule has 4 aliphatic rings. The van der Waals surface area contributed by atoms with Crippen LogP contribution in [0.15, 0.2) is 76.7 Å². The van der Waals surface area contributed by atoms with Gasteiger partial charge in [-0.1, -0.05) is 32.0 Å². The van der Waals surface area contributed by atoms with Crippen molar-refractivity contribution in [3.8, 4) is 28.7 Å². The van der Waals surface area contributed by atoms with Crippen LogP contribution < -0.4 is 33.5 Å². The number of nitrogens with zero attached hydrogens (tertiary/aromatic N) is 4. The number of hydrogen-bond acceptors (Lipinski definition) is 10. The minimum Gasteiger partial charge on any atom is -0.494 e. The van der Waals surface area contributed by atoms with Crippen molar-refractivity contribution in [1.29, 1.82) is 0 Å². The van der Waals surface area contributed by atoms with Gasteiger partial charge in [0.25, 0.3) is 11.8 Å². The lowest BCUT2D eigenvalue weighted by atomic mass is 10.1. The summed E-state index contributed by atoms with van der Waals surface area (Å²) in [7, 11) is 3.10. The molecule has 0 unspecified atom stereocenters. The van der Waals surface area contributed by atoms with Crippen LogP contribution in [0, 0.1) is 0 Å². The highest BCUT2D eigenvalue weighted by Crippen LogP contribution is 2.43. The van der Waals surface area contributed by atoms with Gasteiger partial charge in [-0.2, -0.15) is 12.6 Å². The lowest BCUT2D eigenvalue weighted by Gasteiger charge is -2.22. The SMILES string of the molecule is COc1cc2c(cc1OCCCOc1cc3c(cc1OC)C(=O)N1c4ccc(OCCCC(C)(C)S)cc4C[C@H]1C=N3)N=C[C@@H]1Cc3ccccc3N1C2=O. The molecule has 0 spiro atoms. The minimum atomic E-state index is -0.217. The van der Waals surface area contributed by atoms with E-state index < -0.39 is 0 Å². The number of hydrogen-bond donors (Lipinski definition) is 1. The second-order valence-corrected chi connectivity index (χ2v) is 15.9. The number of amides is 2. The second kappa shape index (κ2) is 15.0. The number of aliphatic imine (C=N–C) groups is 2. The minimum absolute atomic E-state index is 0.0314. The van der Waals surface area contributed by atoms with Crippen LogP contribution in [0.5, 0.6) is 28.7 Å². The van der Waals surface area contributed by atoms with E-state index in [1.807, 2.05) is 59.8 Å². The monoisotopic (exact) mass is 760 g/mol. The molecular weight excluding hydrogens is 717 g/mol. The first-order valence-electron chi connectivity index (χ1n) is 18.6. The summed E-state index contributed by atoms with van der Waals surface area (Å²) in [6.07, 6.45) is 7.42. The van der Waals surface area contributed by atoms with E-state index in [2.05, 4.69) is 26.5 Å². The fourth-order valence-electron chi connectivity index (χ4n) is 7.63. The summed E-state index contributed by atoms with van der Waals surface area (Å²) >= 11 is 4.60. The smallest absolute Gasteiger partial charge is 0.261 e. The molecule has 0 aromatic heterocycles. The molecule has 0 saturated heterocycles. The molecule has 55 heavy (non-hydrogen) atoms. The van der Waals surface area contributed by atoms with Crippen molar-refractivity contribution in [3.05, 3.63) is 89.0 Å². The normalized spacial score (nSPS) is 17.7. The Balaban J connectivity index is 0.902. The molecule has 0 aliphatic carbocycles. The zero-order valence-corrected chi connectivity index (χ0v) is 32.3. The first-order chi connectivity index (χ1) is 26.6. The molecule has 4 aliphatic heterocycles. The van der Waals surface area contributed by atoms with Gasteiger partial charge in [-0.25, -0.2) is 0 Å². The van der Waals surface area contributed by atoms with Crippen molar-refractivity contribution in [3.63, 3.8) is 0 Å². The third-order valence-corrected chi connectivity index (χ3v) is 10.5. The average Bonchev–Trinajstić information content (AvgIpc) is 3.66. The van der Waals surface area contributed by atoms with Crippen molar-refractivity contribution in [2.45, 2.75) is 62.8 Å². The van der Waals surface area contributed by atoms with Crippen molar-refractivity contribution < 1.29 is 33.3 Å². The number of rotatable bonds is 13. The number of thiol groups is 1. The number of anilines is 2. The summed E-state index contributed by atoms with van der Waals surface area (Å²) in [6.45, 7) is 5.43. The topological polar surface area (TPSA) is 111 Å². The first-order valence-corrected chi connectivity index (χ1v) is 19.1. The van der Waals surface area contributed by atoms with E-state index in [0.29, 0.717) is 78.2 Å². The van der Waals surface area contributed by atoms with E-state index in [4.69, 9.17) is 33.7 Å². The Labute approximate surface area is 326 Å². The fourth-order valence-corrected chi connectivity index (χ4v) is 7.79. The van der Waals surface area contributed by atoms with Gasteiger partial charge in [0, 0.05) is 59.9 Å². The van der Waals surface area contributed by atoms with Crippen LogP contribution in [0.2, 0.25) is 0 Å². The van der Waals surface area contributed by atoms with E-state index in [1.165, 1.54) is 0 Å². The van der Waals surface area contributed by atoms with Crippen molar-refractivity contribution in [1.82, 2.24) is 0 Å². The van der Waals surface area contributed by atoms with E-state index in [9.17, 15) is 9.59 Å². The van der Waals surface area contributed by atoms with Gasteiger partial charge in [0.1, 0.15) is 5.75 Å². The third kappa shape index (κ3) is 7.23. The molecule has 284 valence electrons.